The smallest absolute Gasteiger partial charge is 0.251 e. The van der Waals surface area contributed by atoms with Gasteiger partial charge in [0.25, 0.3) is 5.91 Å². The topological polar surface area (TPSA) is 41.6 Å². The Kier molecular flexibility index (Phi) is 7.08. The minimum atomic E-state index is 0. The van der Waals surface area contributed by atoms with Crippen molar-refractivity contribution in [3.63, 3.8) is 0 Å². The molecule has 0 spiro atoms. The van der Waals surface area contributed by atoms with Crippen molar-refractivity contribution in [3.8, 4) is 0 Å². The second-order valence-electron chi connectivity index (χ2n) is 6.93. The molecule has 0 aromatic heterocycles. The third-order valence-corrected chi connectivity index (χ3v) is 5.36. The van der Waals surface area contributed by atoms with E-state index in [9.17, 15) is 4.79 Å². The van der Waals surface area contributed by atoms with Crippen molar-refractivity contribution in [2.24, 2.45) is 0 Å². The van der Waals surface area contributed by atoms with Crippen LogP contribution in [0.25, 0.3) is 0 Å². The molecule has 3 rings (SSSR count). The van der Waals surface area contributed by atoms with E-state index in [4.69, 9.17) is 4.74 Å². The molecule has 1 aromatic rings. The molecule has 1 aliphatic heterocycles. The third kappa shape index (κ3) is 4.50. The van der Waals surface area contributed by atoms with E-state index in [0.717, 1.165) is 38.4 Å². The molecule has 2 aliphatic rings. The normalized spacial score (nSPS) is 20.9. The van der Waals surface area contributed by atoms with Gasteiger partial charge >= 0.3 is 0 Å². The SMILES string of the molecule is Cc1ccc(C(=O)NCC2(N3CCOCC3)CCCCC2)cc1.Cl. The molecule has 24 heavy (non-hydrogen) atoms. The molecule has 1 saturated heterocycles. The van der Waals surface area contributed by atoms with Crippen LogP contribution in [0.5, 0.6) is 0 Å². The fourth-order valence-electron chi connectivity index (χ4n) is 3.90. The summed E-state index contributed by atoms with van der Waals surface area (Å²) in [7, 11) is 0. The monoisotopic (exact) mass is 352 g/mol. The van der Waals surface area contributed by atoms with Crippen LogP contribution in [0.15, 0.2) is 24.3 Å². The molecule has 1 amide bonds. The number of nitrogens with zero attached hydrogens (tertiary/aromatic N) is 1. The van der Waals surface area contributed by atoms with Gasteiger partial charge in [0.15, 0.2) is 0 Å². The summed E-state index contributed by atoms with van der Waals surface area (Å²) in [5, 5.41) is 3.20. The summed E-state index contributed by atoms with van der Waals surface area (Å²) >= 11 is 0. The van der Waals surface area contributed by atoms with Crippen LogP contribution >= 0.6 is 12.4 Å². The fraction of sp³-hybridized carbons (Fsp3) is 0.632. The first-order chi connectivity index (χ1) is 11.2. The van der Waals surface area contributed by atoms with Gasteiger partial charge in [0.2, 0.25) is 0 Å². The number of hydrogen-bond acceptors (Lipinski definition) is 3. The van der Waals surface area contributed by atoms with E-state index in [2.05, 4.69) is 10.2 Å². The summed E-state index contributed by atoms with van der Waals surface area (Å²) in [5.41, 5.74) is 2.06. The van der Waals surface area contributed by atoms with Gasteiger partial charge in [-0.2, -0.15) is 0 Å². The van der Waals surface area contributed by atoms with Gasteiger partial charge in [-0.05, 0) is 31.9 Å². The zero-order valence-electron chi connectivity index (χ0n) is 14.6. The first kappa shape index (κ1) is 19.2. The predicted octanol–water partition coefficient (Wildman–Crippen LogP) is 3.18. The third-order valence-electron chi connectivity index (χ3n) is 5.36. The molecular weight excluding hydrogens is 324 g/mol. The van der Waals surface area contributed by atoms with Crippen LogP contribution < -0.4 is 5.32 Å². The molecule has 1 aliphatic carbocycles. The zero-order chi connectivity index (χ0) is 16.1. The number of benzene rings is 1. The van der Waals surface area contributed by atoms with E-state index < -0.39 is 0 Å². The molecule has 1 heterocycles. The van der Waals surface area contributed by atoms with Crippen molar-refractivity contribution in [3.05, 3.63) is 35.4 Å². The Morgan fingerprint density at radius 1 is 1.12 bits per heavy atom. The zero-order valence-corrected chi connectivity index (χ0v) is 15.4. The maximum atomic E-state index is 12.5. The average molecular weight is 353 g/mol. The van der Waals surface area contributed by atoms with Crippen LogP contribution in [0.2, 0.25) is 0 Å². The number of halogens is 1. The lowest BCUT2D eigenvalue weighted by Crippen LogP contribution is -2.59. The number of aryl methyl sites for hydroxylation is 1. The number of morpholine rings is 1. The van der Waals surface area contributed by atoms with Crippen molar-refractivity contribution in [2.75, 3.05) is 32.8 Å². The molecule has 0 unspecified atom stereocenters. The molecule has 0 atom stereocenters. The second-order valence-corrected chi connectivity index (χ2v) is 6.93. The van der Waals surface area contributed by atoms with Crippen LogP contribution in [-0.4, -0.2) is 49.2 Å². The van der Waals surface area contributed by atoms with Crippen molar-refractivity contribution >= 4 is 18.3 Å². The van der Waals surface area contributed by atoms with Crippen LogP contribution in [0, 0.1) is 6.92 Å². The van der Waals surface area contributed by atoms with Gasteiger partial charge < -0.3 is 10.1 Å². The lowest BCUT2D eigenvalue weighted by molar-refractivity contribution is -0.0361. The molecule has 134 valence electrons. The van der Waals surface area contributed by atoms with Gasteiger partial charge in [0.05, 0.1) is 13.2 Å². The highest BCUT2D eigenvalue weighted by Crippen LogP contribution is 2.33. The summed E-state index contributed by atoms with van der Waals surface area (Å²) in [5.74, 6) is 0.0446. The van der Waals surface area contributed by atoms with Gasteiger partial charge in [-0.3, -0.25) is 9.69 Å². The Morgan fingerprint density at radius 3 is 2.38 bits per heavy atom. The lowest BCUT2D eigenvalue weighted by Gasteiger charge is -2.48. The van der Waals surface area contributed by atoms with Gasteiger partial charge in [0.1, 0.15) is 0 Å². The van der Waals surface area contributed by atoms with E-state index in [1.807, 2.05) is 31.2 Å². The Hall–Kier alpha value is -1.10. The van der Waals surface area contributed by atoms with Gasteiger partial charge in [-0.25, -0.2) is 0 Å². The fourth-order valence-corrected chi connectivity index (χ4v) is 3.90. The number of carbonyl (C=O) groups excluding carboxylic acids is 1. The molecular formula is C19H29ClN2O2. The predicted molar refractivity (Wildman–Crippen MR) is 99.0 cm³/mol. The number of hydrogen-bond donors (Lipinski definition) is 1. The van der Waals surface area contributed by atoms with Crippen LogP contribution in [-0.2, 0) is 4.74 Å². The maximum absolute atomic E-state index is 12.5. The summed E-state index contributed by atoms with van der Waals surface area (Å²) in [6, 6.07) is 7.81. The van der Waals surface area contributed by atoms with Crippen molar-refractivity contribution in [2.45, 2.75) is 44.6 Å². The van der Waals surface area contributed by atoms with E-state index in [-0.39, 0.29) is 23.9 Å². The van der Waals surface area contributed by atoms with E-state index >= 15 is 0 Å². The maximum Gasteiger partial charge on any atom is 0.251 e. The van der Waals surface area contributed by atoms with Crippen molar-refractivity contribution in [1.82, 2.24) is 10.2 Å². The largest absolute Gasteiger partial charge is 0.379 e. The molecule has 1 aromatic carbocycles. The van der Waals surface area contributed by atoms with Crippen LogP contribution in [0.4, 0.5) is 0 Å². The lowest BCUT2D eigenvalue weighted by atomic mass is 9.79. The first-order valence-electron chi connectivity index (χ1n) is 8.87. The Bertz CT molecular complexity index is 521. The number of rotatable bonds is 4. The molecule has 0 bridgehead atoms. The molecule has 1 N–H and O–H groups in total. The number of carbonyl (C=O) groups is 1. The quantitative estimate of drug-likeness (QED) is 0.904. The molecule has 1 saturated carbocycles. The van der Waals surface area contributed by atoms with Crippen LogP contribution in [0.1, 0.15) is 48.0 Å². The van der Waals surface area contributed by atoms with Gasteiger partial charge in [-0.1, -0.05) is 37.0 Å². The molecule has 4 nitrogen and oxygen atoms in total. The highest BCUT2D eigenvalue weighted by atomic mass is 35.5. The number of amides is 1. The van der Waals surface area contributed by atoms with E-state index in [0.29, 0.717) is 0 Å². The highest BCUT2D eigenvalue weighted by molar-refractivity contribution is 5.94. The summed E-state index contributed by atoms with van der Waals surface area (Å²) in [6.07, 6.45) is 6.20. The average Bonchev–Trinajstić information content (AvgIpc) is 2.62. The summed E-state index contributed by atoms with van der Waals surface area (Å²) in [4.78, 5) is 15.0. The highest BCUT2D eigenvalue weighted by Gasteiger charge is 2.38. The second kappa shape index (κ2) is 8.84. The van der Waals surface area contributed by atoms with E-state index in [1.165, 1.54) is 37.7 Å². The Labute approximate surface area is 151 Å². The van der Waals surface area contributed by atoms with Gasteiger partial charge in [0, 0.05) is 30.7 Å². The minimum absolute atomic E-state index is 0. The molecule has 2 fully saturated rings. The summed E-state index contributed by atoms with van der Waals surface area (Å²) < 4.78 is 5.51. The number of ether oxygens (including phenoxy) is 1. The van der Waals surface area contributed by atoms with Gasteiger partial charge in [-0.15, -0.1) is 12.4 Å². The van der Waals surface area contributed by atoms with E-state index in [1.54, 1.807) is 0 Å². The Balaban J connectivity index is 0.00000208. The van der Waals surface area contributed by atoms with Crippen LogP contribution in [0.3, 0.4) is 0 Å². The molecule has 5 heteroatoms. The van der Waals surface area contributed by atoms with Crippen molar-refractivity contribution in [1.29, 1.82) is 0 Å². The summed E-state index contributed by atoms with van der Waals surface area (Å²) in [6.45, 7) is 6.39. The first-order valence-corrected chi connectivity index (χ1v) is 8.87. The molecule has 0 radical (unpaired) electrons. The Morgan fingerprint density at radius 2 is 1.75 bits per heavy atom. The minimum Gasteiger partial charge on any atom is -0.379 e. The number of nitrogens with one attached hydrogen (secondary N) is 1. The standard InChI is InChI=1S/C19H28N2O2.ClH/c1-16-5-7-17(8-6-16)18(22)20-15-19(9-3-2-4-10-19)21-11-13-23-14-12-21;/h5-8H,2-4,9-15H2,1H3,(H,20,22);1H. The van der Waals surface area contributed by atoms with Crippen molar-refractivity contribution < 1.29 is 9.53 Å².